The molecule has 6 nitrogen and oxygen atoms in total. The van der Waals surface area contributed by atoms with Gasteiger partial charge in [0.1, 0.15) is 13.2 Å². The molecule has 0 fully saturated rings. The highest BCUT2D eigenvalue weighted by Gasteiger charge is 2.19. The molecule has 0 bridgehead atoms. The number of carbonyl (C=O) groups excluding carboxylic acids is 3. The summed E-state index contributed by atoms with van der Waals surface area (Å²) in [5, 5.41) is 0. The van der Waals surface area contributed by atoms with Gasteiger partial charge in [-0.1, -0.05) is 279 Å². The Balaban J connectivity index is 4.39. The number of esters is 3. The molecule has 0 rings (SSSR count). The molecule has 1 atom stereocenters. The molecule has 0 saturated heterocycles. The van der Waals surface area contributed by atoms with E-state index < -0.39 is 6.10 Å². The smallest absolute Gasteiger partial charge is 0.306 e. The fourth-order valence-corrected chi connectivity index (χ4v) is 8.34. The molecule has 0 aromatic rings. The minimum atomic E-state index is -0.793. The SMILES string of the molecule is CC/C=C\C/C=C\C/C=C\C/C=C\C/C=C\C/C=C\C/C=C\C/C=C\CCCCC(=O)OCC(COC(=O)CCCCCCCCCCCCCCC)OC(=O)CCCCCCCCCCCCCCCC. The molecule has 0 amide bonds. The average Bonchev–Trinajstić information content (AvgIpc) is 3.38. The quantitative estimate of drug-likeness (QED) is 0.0261. The molecule has 0 spiro atoms. The predicted molar refractivity (Wildman–Crippen MR) is 311 cm³/mol. The zero-order valence-electron chi connectivity index (χ0n) is 47.2. The van der Waals surface area contributed by atoms with E-state index in [1.54, 1.807) is 0 Å². The summed E-state index contributed by atoms with van der Waals surface area (Å²) in [7, 11) is 0. The van der Waals surface area contributed by atoms with Crippen molar-refractivity contribution < 1.29 is 28.6 Å². The van der Waals surface area contributed by atoms with Gasteiger partial charge in [-0.25, -0.2) is 0 Å². The van der Waals surface area contributed by atoms with E-state index in [1.165, 1.54) is 135 Å². The molecule has 6 heteroatoms. The summed E-state index contributed by atoms with van der Waals surface area (Å²) in [5.41, 5.74) is 0. The molecule has 0 radical (unpaired) electrons. The van der Waals surface area contributed by atoms with Gasteiger partial charge in [-0.3, -0.25) is 14.4 Å². The Morgan fingerprint density at radius 1 is 0.292 bits per heavy atom. The van der Waals surface area contributed by atoms with Crippen molar-refractivity contribution in [2.75, 3.05) is 13.2 Å². The van der Waals surface area contributed by atoms with Gasteiger partial charge in [0.2, 0.25) is 0 Å². The van der Waals surface area contributed by atoms with Gasteiger partial charge in [-0.2, -0.15) is 0 Å². The van der Waals surface area contributed by atoms with Crippen LogP contribution in [0, 0.1) is 0 Å². The van der Waals surface area contributed by atoms with Crippen molar-refractivity contribution in [3.05, 3.63) is 97.2 Å². The van der Waals surface area contributed by atoms with Crippen LogP contribution in [0.25, 0.3) is 0 Å². The van der Waals surface area contributed by atoms with Crippen molar-refractivity contribution in [3.8, 4) is 0 Å². The number of rotatable bonds is 54. The number of carbonyl (C=O) groups is 3. The van der Waals surface area contributed by atoms with E-state index in [1.807, 2.05) is 0 Å². The number of allylic oxidation sites excluding steroid dienone is 16. The predicted octanol–water partition coefficient (Wildman–Crippen LogP) is 20.5. The van der Waals surface area contributed by atoms with Crippen LogP contribution in [0.4, 0.5) is 0 Å². The van der Waals surface area contributed by atoms with Crippen LogP contribution in [-0.4, -0.2) is 37.2 Å². The molecule has 0 saturated carbocycles. The third-order valence-electron chi connectivity index (χ3n) is 12.9. The number of hydrogen-bond acceptors (Lipinski definition) is 6. The summed E-state index contributed by atoms with van der Waals surface area (Å²) in [4.78, 5) is 38.2. The van der Waals surface area contributed by atoms with Crippen LogP contribution in [0.15, 0.2) is 97.2 Å². The second kappa shape index (κ2) is 59.9. The Bertz CT molecular complexity index is 1430. The van der Waals surface area contributed by atoms with Crippen LogP contribution in [0.3, 0.4) is 0 Å². The lowest BCUT2D eigenvalue weighted by atomic mass is 10.0. The molecule has 0 aliphatic rings. The van der Waals surface area contributed by atoms with Crippen molar-refractivity contribution >= 4 is 17.9 Å². The fourth-order valence-electron chi connectivity index (χ4n) is 8.34. The Kier molecular flexibility index (Phi) is 56.8. The molecule has 1 unspecified atom stereocenters. The largest absolute Gasteiger partial charge is 0.462 e. The highest BCUT2D eigenvalue weighted by atomic mass is 16.6. The normalized spacial score (nSPS) is 12.8. The summed E-state index contributed by atoms with van der Waals surface area (Å²) in [6.07, 6.45) is 79.7. The molecule has 0 N–H and O–H groups in total. The van der Waals surface area contributed by atoms with Gasteiger partial charge >= 0.3 is 17.9 Å². The third kappa shape index (κ3) is 57.2. The van der Waals surface area contributed by atoms with Crippen LogP contribution in [0.1, 0.15) is 284 Å². The zero-order chi connectivity index (χ0) is 52.2. The second-order valence-electron chi connectivity index (χ2n) is 19.9. The van der Waals surface area contributed by atoms with E-state index in [2.05, 4.69) is 118 Å². The van der Waals surface area contributed by atoms with Crippen LogP contribution < -0.4 is 0 Å². The first-order valence-corrected chi connectivity index (χ1v) is 30.2. The second-order valence-corrected chi connectivity index (χ2v) is 19.9. The van der Waals surface area contributed by atoms with Crippen LogP contribution in [-0.2, 0) is 28.6 Å². The van der Waals surface area contributed by atoms with Gasteiger partial charge in [0.25, 0.3) is 0 Å². The first-order valence-electron chi connectivity index (χ1n) is 30.2. The van der Waals surface area contributed by atoms with E-state index in [0.29, 0.717) is 19.3 Å². The summed E-state index contributed by atoms with van der Waals surface area (Å²) < 4.78 is 16.8. The molecule has 0 aromatic carbocycles. The van der Waals surface area contributed by atoms with Gasteiger partial charge in [0.15, 0.2) is 6.10 Å². The topological polar surface area (TPSA) is 78.9 Å². The molecular formula is C66H112O6. The summed E-state index contributed by atoms with van der Waals surface area (Å²) >= 11 is 0. The fraction of sp³-hybridized carbons (Fsp3) is 0.712. The molecule has 412 valence electrons. The van der Waals surface area contributed by atoms with Gasteiger partial charge in [0.05, 0.1) is 0 Å². The van der Waals surface area contributed by atoms with Crippen molar-refractivity contribution in [2.45, 2.75) is 290 Å². The Morgan fingerprint density at radius 3 is 0.847 bits per heavy atom. The lowest BCUT2D eigenvalue weighted by molar-refractivity contribution is -0.167. The zero-order valence-corrected chi connectivity index (χ0v) is 47.2. The maximum absolute atomic E-state index is 12.8. The van der Waals surface area contributed by atoms with Crippen LogP contribution >= 0.6 is 0 Å². The minimum Gasteiger partial charge on any atom is -0.462 e. The van der Waals surface area contributed by atoms with Gasteiger partial charge in [-0.05, 0) is 83.5 Å². The van der Waals surface area contributed by atoms with Crippen LogP contribution in [0.5, 0.6) is 0 Å². The summed E-state index contributed by atoms with van der Waals surface area (Å²) in [5.74, 6) is -0.925. The lowest BCUT2D eigenvalue weighted by Gasteiger charge is -2.18. The van der Waals surface area contributed by atoms with E-state index in [9.17, 15) is 14.4 Å². The summed E-state index contributed by atoms with van der Waals surface area (Å²) in [6, 6.07) is 0. The molecular weight excluding hydrogens is 889 g/mol. The number of ether oxygens (including phenoxy) is 3. The van der Waals surface area contributed by atoms with Gasteiger partial charge < -0.3 is 14.2 Å². The van der Waals surface area contributed by atoms with Gasteiger partial charge in [0, 0.05) is 19.3 Å². The lowest BCUT2D eigenvalue weighted by Crippen LogP contribution is -2.30. The minimum absolute atomic E-state index is 0.0876. The first-order chi connectivity index (χ1) is 35.5. The molecule has 0 aliphatic carbocycles. The van der Waals surface area contributed by atoms with Gasteiger partial charge in [-0.15, -0.1) is 0 Å². The molecule has 72 heavy (non-hydrogen) atoms. The van der Waals surface area contributed by atoms with E-state index in [-0.39, 0.29) is 31.1 Å². The van der Waals surface area contributed by atoms with E-state index in [0.717, 1.165) is 109 Å². The maximum Gasteiger partial charge on any atom is 0.306 e. The molecule has 0 aliphatic heterocycles. The summed E-state index contributed by atoms with van der Waals surface area (Å²) in [6.45, 7) is 6.51. The molecule has 0 heterocycles. The first kappa shape index (κ1) is 68.3. The van der Waals surface area contributed by atoms with Crippen molar-refractivity contribution in [3.63, 3.8) is 0 Å². The van der Waals surface area contributed by atoms with E-state index >= 15 is 0 Å². The van der Waals surface area contributed by atoms with Crippen molar-refractivity contribution in [2.24, 2.45) is 0 Å². The monoisotopic (exact) mass is 1000 g/mol. The maximum atomic E-state index is 12.8. The standard InChI is InChI=1S/C66H112O6/c1-4-7-10-13-16-19-22-25-27-28-29-30-31-32-33-34-35-36-37-38-39-42-44-47-50-53-56-59-65(68)71-62-63(61-70-64(67)58-55-52-49-46-43-40-24-21-18-15-12-9-6-3)72-66(69)60-57-54-51-48-45-41-26-23-20-17-14-11-8-5-2/h7,10,16,19,25,27,29-30,32-33,35-36,38-39,44,47,63H,4-6,8-9,11-15,17-18,20-24,26,28,31,34,37,40-43,45-46,48-62H2,1-3H3/b10-7-,19-16-,27-25-,30-29-,33-32-,36-35-,39-38-,47-44-. The van der Waals surface area contributed by atoms with Crippen LogP contribution in [0.2, 0.25) is 0 Å². The average molecular weight is 1000 g/mol. The number of hydrogen-bond donors (Lipinski definition) is 0. The molecule has 0 aromatic heterocycles. The Morgan fingerprint density at radius 2 is 0.542 bits per heavy atom. The Labute approximate surface area is 445 Å². The Hall–Kier alpha value is -3.67. The van der Waals surface area contributed by atoms with Crippen molar-refractivity contribution in [1.29, 1.82) is 0 Å². The highest BCUT2D eigenvalue weighted by Crippen LogP contribution is 2.16. The van der Waals surface area contributed by atoms with Crippen molar-refractivity contribution in [1.82, 2.24) is 0 Å². The highest BCUT2D eigenvalue weighted by molar-refractivity contribution is 5.71. The van der Waals surface area contributed by atoms with E-state index in [4.69, 9.17) is 14.2 Å². The number of unbranched alkanes of at least 4 members (excludes halogenated alkanes) is 27. The third-order valence-corrected chi connectivity index (χ3v) is 12.9.